The van der Waals surface area contributed by atoms with Gasteiger partial charge in [0, 0.05) is 49.1 Å². The Labute approximate surface area is 316 Å². The number of aromatic hydroxyl groups is 2. The predicted molar refractivity (Wildman–Crippen MR) is 211 cm³/mol. The monoisotopic (exact) mass is 726 g/mol. The molecule has 280 valence electrons. The fraction of sp³-hybridized carbons (Fsp3) is 0.326. The molecule has 1 fully saturated rings. The molecule has 1 saturated carbocycles. The first-order valence-electron chi connectivity index (χ1n) is 19.1. The lowest BCUT2D eigenvalue weighted by molar-refractivity contribution is -0.125. The van der Waals surface area contributed by atoms with Gasteiger partial charge in [-0.05, 0) is 126 Å². The maximum atomic E-state index is 14.3. The SMILES string of the molecule is COc1c(O)ccc(CC(Cc2cc[nH]c2)C(O)CC(=O)C(Cc2cc[nH]c2)Cc2ccc(O)c(OC3CCCC3)c2)c1Cc1cccc2ccccc12. The van der Waals surface area contributed by atoms with E-state index >= 15 is 0 Å². The van der Waals surface area contributed by atoms with Gasteiger partial charge in [-0.2, -0.15) is 0 Å². The fourth-order valence-corrected chi connectivity index (χ4v) is 8.18. The van der Waals surface area contributed by atoms with Gasteiger partial charge in [0.05, 0.1) is 19.3 Å². The number of carbonyl (C=O) groups is 1. The van der Waals surface area contributed by atoms with Crippen LogP contribution < -0.4 is 9.47 Å². The van der Waals surface area contributed by atoms with Gasteiger partial charge in [-0.15, -0.1) is 0 Å². The lowest BCUT2D eigenvalue weighted by atomic mass is 9.81. The van der Waals surface area contributed by atoms with E-state index < -0.39 is 12.0 Å². The van der Waals surface area contributed by atoms with Gasteiger partial charge in [-0.25, -0.2) is 0 Å². The molecule has 7 rings (SSSR count). The smallest absolute Gasteiger partial charge is 0.164 e. The van der Waals surface area contributed by atoms with Crippen LogP contribution in [0.5, 0.6) is 23.0 Å². The summed E-state index contributed by atoms with van der Waals surface area (Å²) in [5, 5.41) is 35.8. The highest BCUT2D eigenvalue weighted by Gasteiger charge is 2.29. The van der Waals surface area contributed by atoms with E-state index in [1.165, 1.54) is 0 Å². The molecule has 4 aromatic carbocycles. The van der Waals surface area contributed by atoms with Crippen LogP contribution in [0, 0.1) is 11.8 Å². The number of phenols is 2. The van der Waals surface area contributed by atoms with E-state index in [9.17, 15) is 20.1 Å². The number of benzene rings is 4. The summed E-state index contributed by atoms with van der Waals surface area (Å²) in [5.41, 5.74) is 5.88. The van der Waals surface area contributed by atoms with Gasteiger partial charge in [0.25, 0.3) is 0 Å². The number of phenolic OH excluding ortho intramolecular Hbond substituents is 2. The maximum Gasteiger partial charge on any atom is 0.164 e. The Balaban J connectivity index is 1.15. The molecule has 2 heterocycles. The van der Waals surface area contributed by atoms with Crippen molar-refractivity contribution in [1.82, 2.24) is 9.97 Å². The second-order valence-electron chi connectivity index (χ2n) is 14.8. The molecular weight excluding hydrogens is 677 g/mol. The molecule has 0 aliphatic heterocycles. The van der Waals surface area contributed by atoms with Crippen molar-refractivity contribution in [3.63, 3.8) is 0 Å². The van der Waals surface area contributed by atoms with Crippen molar-refractivity contribution in [2.24, 2.45) is 11.8 Å². The normalized spacial score (nSPS) is 14.9. The molecule has 0 bridgehead atoms. The number of methoxy groups -OCH3 is 1. The number of carbonyl (C=O) groups excluding carboxylic acids is 1. The zero-order chi connectivity index (χ0) is 37.4. The highest BCUT2D eigenvalue weighted by molar-refractivity contribution is 5.86. The zero-order valence-electron chi connectivity index (χ0n) is 30.8. The van der Waals surface area contributed by atoms with Crippen molar-refractivity contribution in [2.45, 2.75) is 76.4 Å². The van der Waals surface area contributed by atoms with Crippen molar-refractivity contribution < 1.29 is 29.6 Å². The maximum absolute atomic E-state index is 14.3. The van der Waals surface area contributed by atoms with E-state index in [0.717, 1.165) is 69.8 Å². The molecule has 0 radical (unpaired) electrons. The van der Waals surface area contributed by atoms with E-state index in [4.69, 9.17) is 9.47 Å². The number of aliphatic hydroxyl groups is 1. The highest BCUT2D eigenvalue weighted by Crippen LogP contribution is 2.38. The number of ether oxygens (including phenoxy) is 2. The summed E-state index contributed by atoms with van der Waals surface area (Å²) in [4.78, 5) is 20.6. The number of aliphatic hydroxyl groups excluding tert-OH is 1. The Morgan fingerprint density at radius 2 is 1.48 bits per heavy atom. The van der Waals surface area contributed by atoms with Gasteiger partial charge in [0.15, 0.2) is 23.0 Å². The average molecular weight is 727 g/mol. The molecule has 54 heavy (non-hydrogen) atoms. The summed E-state index contributed by atoms with van der Waals surface area (Å²) in [5.74, 6) is 0.320. The van der Waals surface area contributed by atoms with Crippen molar-refractivity contribution in [3.8, 4) is 23.0 Å². The van der Waals surface area contributed by atoms with Crippen LogP contribution in [0.15, 0.2) is 110 Å². The number of H-pyrrole nitrogens is 2. The fourth-order valence-electron chi connectivity index (χ4n) is 8.18. The number of hydrogen-bond donors (Lipinski definition) is 5. The number of Topliss-reactive ketones (excluding diaryl/α,β-unsaturated/α-hetero) is 1. The van der Waals surface area contributed by atoms with Crippen LogP contribution in [-0.4, -0.2) is 50.4 Å². The average Bonchev–Trinajstić information content (AvgIpc) is 3.99. The minimum absolute atomic E-state index is 0.0123. The molecule has 6 aromatic rings. The molecule has 0 saturated heterocycles. The third kappa shape index (κ3) is 8.83. The number of nitrogens with one attached hydrogen (secondary N) is 2. The molecular formula is C46H50N2O6. The first kappa shape index (κ1) is 36.9. The van der Waals surface area contributed by atoms with Crippen LogP contribution in [0.25, 0.3) is 10.8 Å². The molecule has 8 nitrogen and oxygen atoms in total. The standard InChI is InChI=1S/C46H50N2O6/c1-53-46-40(26-34-9-6-8-33-7-2-5-12-39(33)34)35(14-16-42(46)50)25-37(23-32-18-20-48-29-32)44(52)27-43(51)36(22-31-17-19-47-28-31)21-30-13-15-41(49)45(24-30)54-38-10-3-4-11-38/h2,5-9,12-20,24,28-29,36-38,44,47-50,52H,3-4,10-11,21-23,25-27H2,1H3. The topological polar surface area (TPSA) is 128 Å². The number of aromatic nitrogens is 2. The van der Waals surface area contributed by atoms with Gasteiger partial charge in [-0.1, -0.05) is 54.6 Å². The summed E-state index contributed by atoms with van der Waals surface area (Å²) in [6.45, 7) is 0. The van der Waals surface area contributed by atoms with E-state index in [1.54, 1.807) is 19.2 Å². The lowest BCUT2D eigenvalue weighted by Crippen LogP contribution is -2.31. The van der Waals surface area contributed by atoms with Crippen LogP contribution in [0.1, 0.15) is 65.5 Å². The first-order valence-corrected chi connectivity index (χ1v) is 19.1. The minimum atomic E-state index is -0.938. The Morgan fingerprint density at radius 3 is 2.22 bits per heavy atom. The zero-order valence-corrected chi connectivity index (χ0v) is 30.8. The van der Waals surface area contributed by atoms with E-state index in [1.807, 2.05) is 73.3 Å². The van der Waals surface area contributed by atoms with Crippen LogP contribution >= 0.6 is 0 Å². The quantitative estimate of drug-likeness (QED) is 0.0641. The summed E-state index contributed by atoms with van der Waals surface area (Å²) in [6.07, 6.45) is 13.4. The summed E-state index contributed by atoms with van der Waals surface area (Å²) in [6, 6.07) is 27.4. The minimum Gasteiger partial charge on any atom is -0.504 e. The molecule has 0 amide bonds. The van der Waals surface area contributed by atoms with Crippen LogP contribution in [0.3, 0.4) is 0 Å². The Kier molecular flexibility index (Phi) is 11.7. The van der Waals surface area contributed by atoms with Crippen LogP contribution in [0.2, 0.25) is 0 Å². The van der Waals surface area contributed by atoms with Gasteiger partial charge in [0.1, 0.15) is 5.78 Å². The Morgan fingerprint density at radius 1 is 0.778 bits per heavy atom. The van der Waals surface area contributed by atoms with Crippen LogP contribution in [-0.2, 0) is 36.9 Å². The Bertz CT molecular complexity index is 2130. The summed E-state index contributed by atoms with van der Waals surface area (Å²) >= 11 is 0. The predicted octanol–water partition coefficient (Wildman–Crippen LogP) is 8.65. The molecule has 5 N–H and O–H groups in total. The van der Waals surface area contributed by atoms with Gasteiger partial charge >= 0.3 is 0 Å². The van der Waals surface area contributed by atoms with Gasteiger partial charge in [0.2, 0.25) is 0 Å². The Hall–Kier alpha value is -5.47. The number of rotatable bonds is 17. The lowest BCUT2D eigenvalue weighted by Gasteiger charge is -2.26. The van der Waals surface area contributed by atoms with E-state index in [-0.39, 0.29) is 35.7 Å². The number of hydrogen-bond acceptors (Lipinski definition) is 6. The molecule has 0 spiro atoms. The third-order valence-electron chi connectivity index (χ3n) is 11.1. The molecule has 3 unspecified atom stereocenters. The molecule has 2 aromatic heterocycles. The molecule has 1 aliphatic carbocycles. The van der Waals surface area contributed by atoms with Gasteiger partial charge in [-0.3, -0.25) is 4.79 Å². The summed E-state index contributed by atoms with van der Waals surface area (Å²) in [7, 11) is 1.57. The summed E-state index contributed by atoms with van der Waals surface area (Å²) < 4.78 is 12.0. The van der Waals surface area contributed by atoms with Gasteiger partial charge < -0.3 is 34.8 Å². The van der Waals surface area contributed by atoms with E-state index in [2.05, 4.69) is 34.2 Å². The van der Waals surface area contributed by atoms with Crippen molar-refractivity contribution >= 4 is 16.6 Å². The second-order valence-corrected chi connectivity index (χ2v) is 14.8. The largest absolute Gasteiger partial charge is 0.504 e. The number of ketones is 1. The molecule has 1 aliphatic rings. The highest BCUT2D eigenvalue weighted by atomic mass is 16.5. The van der Waals surface area contributed by atoms with Crippen molar-refractivity contribution in [2.75, 3.05) is 7.11 Å². The molecule has 8 heteroatoms. The third-order valence-corrected chi connectivity index (χ3v) is 11.1. The number of fused-ring (bicyclic) bond motifs is 1. The van der Waals surface area contributed by atoms with Crippen molar-refractivity contribution in [3.05, 3.63) is 143 Å². The first-order chi connectivity index (χ1) is 26.3. The van der Waals surface area contributed by atoms with Crippen molar-refractivity contribution in [1.29, 1.82) is 0 Å². The number of aromatic amines is 2. The second kappa shape index (κ2) is 17.1. The molecule has 3 atom stereocenters. The van der Waals surface area contributed by atoms with E-state index in [0.29, 0.717) is 43.6 Å². The van der Waals surface area contributed by atoms with Crippen LogP contribution in [0.4, 0.5) is 0 Å².